The van der Waals surface area contributed by atoms with E-state index in [1.165, 1.54) is 25.6 Å². The second kappa shape index (κ2) is 8.91. The van der Waals surface area contributed by atoms with Gasteiger partial charge in [0.25, 0.3) is 5.91 Å². The third-order valence-electron chi connectivity index (χ3n) is 4.27. The molecule has 150 valence electrons. The number of carbonyl (C=O) groups excluding carboxylic acids is 4. The molecule has 0 radical (unpaired) electrons. The molecule has 7 nitrogen and oxygen atoms in total. The van der Waals surface area contributed by atoms with Gasteiger partial charge in [-0.05, 0) is 38.1 Å². The highest BCUT2D eigenvalue weighted by molar-refractivity contribution is 8.01. The van der Waals surface area contributed by atoms with Gasteiger partial charge in [-0.15, -0.1) is 11.8 Å². The van der Waals surface area contributed by atoms with E-state index in [1.807, 2.05) is 18.2 Å². The van der Waals surface area contributed by atoms with Crippen molar-refractivity contribution in [1.82, 2.24) is 0 Å². The molecule has 2 aromatic rings. The number of carbonyl (C=O) groups is 4. The maximum Gasteiger partial charge on any atom is 0.308 e. The van der Waals surface area contributed by atoms with Gasteiger partial charge in [0.2, 0.25) is 5.91 Å². The standard InChI is InChI=1S/C21H20N2O5S/c1-12(24)14-6-5-7-15(10-14)22-20(26)13(2)28-19(25)11-18-21(27)23-16-8-3-4-9-17(16)29-18/h3-10,13,18H,11H2,1-2H3,(H,22,26)(H,23,27)/t13-,18-/m1/s1. The molecule has 0 spiro atoms. The van der Waals surface area contributed by atoms with Crippen molar-refractivity contribution in [3.63, 3.8) is 0 Å². The number of anilines is 2. The molecule has 2 aromatic carbocycles. The molecule has 0 aliphatic carbocycles. The molecular formula is C21H20N2O5S. The van der Waals surface area contributed by atoms with Crippen LogP contribution in [0.25, 0.3) is 0 Å². The normalized spacial score (nSPS) is 16.2. The van der Waals surface area contributed by atoms with Crippen molar-refractivity contribution in [1.29, 1.82) is 0 Å². The summed E-state index contributed by atoms with van der Waals surface area (Å²) in [5.41, 5.74) is 1.62. The Balaban J connectivity index is 1.55. The van der Waals surface area contributed by atoms with E-state index in [0.717, 1.165) is 4.90 Å². The van der Waals surface area contributed by atoms with Crippen LogP contribution in [-0.4, -0.2) is 34.9 Å². The van der Waals surface area contributed by atoms with E-state index in [1.54, 1.807) is 30.3 Å². The number of ketones is 1. The van der Waals surface area contributed by atoms with Gasteiger partial charge in [-0.25, -0.2) is 0 Å². The Kier molecular flexibility index (Phi) is 6.33. The molecule has 3 rings (SSSR count). The molecule has 2 N–H and O–H groups in total. The van der Waals surface area contributed by atoms with Gasteiger partial charge in [-0.2, -0.15) is 0 Å². The van der Waals surface area contributed by atoms with Gasteiger partial charge in [-0.1, -0.05) is 24.3 Å². The Morgan fingerprint density at radius 2 is 1.93 bits per heavy atom. The Morgan fingerprint density at radius 1 is 1.17 bits per heavy atom. The van der Waals surface area contributed by atoms with Crippen molar-refractivity contribution < 1.29 is 23.9 Å². The number of nitrogens with one attached hydrogen (secondary N) is 2. The second-order valence-electron chi connectivity index (χ2n) is 6.55. The lowest BCUT2D eigenvalue weighted by Gasteiger charge is -2.23. The van der Waals surface area contributed by atoms with Crippen LogP contribution in [0.2, 0.25) is 0 Å². The number of Topliss-reactive ketones (excluding diaryl/α,β-unsaturated/α-hetero) is 1. The van der Waals surface area contributed by atoms with Crippen molar-refractivity contribution >= 4 is 46.7 Å². The SMILES string of the molecule is CC(=O)c1cccc(NC(=O)[C@@H](C)OC(=O)C[C@H]2Sc3ccccc3NC2=O)c1. The first-order chi connectivity index (χ1) is 13.8. The molecule has 0 aromatic heterocycles. The lowest BCUT2D eigenvalue weighted by Crippen LogP contribution is -2.34. The van der Waals surface area contributed by atoms with E-state index in [-0.39, 0.29) is 18.1 Å². The molecule has 0 fully saturated rings. The molecule has 1 heterocycles. The molecule has 2 atom stereocenters. The Labute approximate surface area is 172 Å². The number of hydrogen-bond acceptors (Lipinski definition) is 6. The topological polar surface area (TPSA) is 102 Å². The first-order valence-electron chi connectivity index (χ1n) is 9.01. The monoisotopic (exact) mass is 412 g/mol. The maximum absolute atomic E-state index is 12.3. The summed E-state index contributed by atoms with van der Waals surface area (Å²) in [4.78, 5) is 49.0. The van der Waals surface area contributed by atoms with Crippen LogP contribution < -0.4 is 10.6 Å². The average Bonchev–Trinajstić information content (AvgIpc) is 2.68. The van der Waals surface area contributed by atoms with Crippen LogP contribution in [0, 0.1) is 0 Å². The van der Waals surface area contributed by atoms with E-state index in [9.17, 15) is 19.2 Å². The highest BCUT2D eigenvalue weighted by atomic mass is 32.2. The summed E-state index contributed by atoms with van der Waals surface area (Å²) < 4.78 is 5.19. The van der Waals surface area contributed by atoms with Crippen LogP contribution in [-0.2, 0) is 19.1 Å². The second-order valence-corrected chi connectivity index (χ2v) is 7.80. The predicted octanol–water partition coefficient (Wildman–Crippen LogP) is 3.26. The first kappa shape index (κ1) is 20.6. The number of amides is 2. The fourth-order valence-corrected chi connectivity index (χ4v) is 3.83. The number of para-hydroxylation sites is 1. The number of thioether (sulfide) groups is 1. The zero-order chi connectivity index (χ0) is 21.0. The van der Waals surface area contributed by atoms with Gasteiger partial charge in [0.05, 0.1) is 17.4 Å². The average molecular weight is 412 g/mol. The van der Waals surface area contributed by atoms with Crippen LogP contribution in [0.1, 0.15) is 30.6 Å². The van der Waals surface area contributed by atoms with Crippen molar-refractivity contribution in [2.75, 3.05) is 10.6 Å². The summed E-state index contributed by atoms with van der Waals surface area (Å²) in [5, 5.41) is 4.75. The smallest absolute Gasteiger partial charge is 0.308 e. The van der Waals surface area contributed by atoms with Crippen molar-refractivity contribution in [3.8, 4) is 0 Å². The molecule has 1 aliphatic heterocycles. The third-order valence-corrected chi connectivity index (χ3v) is 5.55. The summed E-state index contributed by atoms with van der Waals surface area (Å²) in [7, 11) is 0. The first-order valence-corrected chi connectivity index (χ1v) is 9.89. The molecule has 2 amide bonds. The lowest BCUT2D eigenvalue weighted by atomic mass is 10.1. The van der Waals surface area contributed by atoms with E-state index in [2.05, 4.69) is 10.6 Å². The zero-order valence-corrected chi connectivity index (χ0v) is 16.7. The van der Waals surface area contributed by atoms with Crippen LogP contribution in [0.15, 0.2) is 53.4 Å². The van der Waals surface area contributed by atoms with E-state index >= 15 is 0 Å². The predicted molar refractivity (Wildman–Crippen MR) is 110 cm³/mol. The molecule has 0 saturated heterocycles. The summed E-state index contributed by atoms with van der Waals surface area (Å²) in [6.45, 7) is 2.88. The molecule has 0 unspecified atom stereocenters. The number of rotatable bonds is 6. The minimum Gasteiger partial charge on any atom is -0.452 e. The Hall–Kier alpha value is -3.13. The Bertz CT molecular complexity index is 975. The maximum atomic E-state index is 12.3. The van der Waals surface area contributed by atoms with Gasteiger partial charge in [0, 0.05) is 16.1 Å². The molecule has 0 saturated carbocycles. The lowest BCUT2D eigenvalue weighted by molar-refractivity contribution is -0.153. The molecule has 1 aliphatic rings. The van der Waals surface area contributed by atoms with Gasteiger partial charge in [-0.3, -0.25) is 19.2 Å². The molecular weight excluding hydrogens is 392 g/mol. The van der Waals surface area contributed by atoms with Crippen molar-refractivity contribution in [2.24, 2.45) is 0 Å². The summed E-state index contributed by atoms with van der Waals surface area (Å²) in [6.07, 6.45) is -1.20. The van der Waals surface area contributed by atoms with Crippen molar-refractivity contribution in [3.05, 3.63) is 54.1 Å². The van der Waals surface area contributed by atoms with E-state index in [0.29, 0.717) is 16.9 Å². The van der Waals surface area contributed by atoms with Crippen LogP contribution in [0.5, 0.6) is 0 Å². The fraction of sp³-hybridized carbons (Fsp3) is 0.238. The third kappa shape index (κ3) is 5.23. The number of ether oxygens (including phenoxy) is 1. The minimum atomic E-state index is -1.05. The fourth-order valence-electron chi connectivity index (χ4n) is 2.74. The van der Waals surface area contributed by atoms with E-state index < -0.39 is 23.2 Å². The highest BCUT2D eigenvalue weighted by Crippen LogP contribution is 2.36. The minimum absolute atomic E-state index is 0.120. The number of esters is 1. The summed E-state index contributed by atoms with van der Waals surface area (Å²) in [5.74, 6) is -1.56. The van der Waals surface area contributed by atoms with Crippen LogP contribution in [0.3, 0.4) is 0 Å². The van der Waals surface area contributed by atoms with Gasteiger partial charge in [0.15, 0.2) is 11.9 Å². The zero-order valence-electron chi connectivity index (χ0n) is 15.9. The molecule has 8 heteroatoms. The van der Waals surface area contributed by atoms with Gasteiger partial charge < -0.3 is 15.4 Å². The molecule has 0 bridgehead atoms. The summed E-state index contributed by atoms with van der Waals surface area (Å²) in [6, 6.07) is 13.8. The Morgan fingerprint density at radius 3 is 2.69 bits per heavy atom. The van der Waals surface area contributed by atoms with Crippen LogP contribution in [0.4, 0.5) is 11.4 Å². The number of hydrogen-bond donors (Lipinski definition) is 2. The quantitative estimate of drug-likeness (QED) is 0.558. The van der Waals surface area contributed by atoms with Gasteiger partial charge >= 0.3 is 5.97 Å². The number of fused-ring (bicyclic) bond motifs is 1. The molecule has 29 heavy (non-hydrogen) atoms. The van der Waals surface area contributed by atoms with Crippen LogP contribution >= 0.6 is 11.8 Å². The highest BCUT2D eigenvalue weighted by Gasteiger charge is 2.30. The number of benzene rings is 2. The largest absolute Gasteiger partial charge is 0.452 e. The van der Waals surface area contributed by atoms with E-state index in [4.69, 9.17) is 4.74 Å². The summed E-state index contributed by atoms with van der Waals surface area (Å²) >= 11 is 1.29. The van der Waals surface area contributed by atoms with Crippen molar-refractivity contribution in [2.45, 2.75) is 36.5 Å². The van der Waals surface area contributed by atoms with Gasteiger partial charge in [0.1, 0.15) is 0 Å².